The van der Waals surface area contributed by atoms with Crippen molar-refractivity contribution in [3.63, 3.8) is 0 Å². The Morgan fingerprint density at radius 3 is 2.26 bits per heavy atom. The average Bonchev–Trinajstić information content (AvgIpc) is 3.26. The quantitative estimate of drug-likeness (QED) is 0.411. The van der Waals surface area contributed by atoms with E-state index in [1.807, 2.05) is 48.5 Å². The summed E-state index contributed by atoms with van der Waals surface area (Å²) in [6.45, 7) is 0.144. The fourth-order valence-electron chi connectivity index (χ4n) is 2.75. The van der Waals surface area contributed by atoms with E-state index in [9.17, 15) is 14.4 Å². The highest BCUT2D eigenvalue weighted by Gasteiger charge is 2.21. The first-order valence-electron chi connectivity index (χ1n) is 9.48. The van der Waals surface area contributed by atoms with E-state index >= 15 is 0 Å². The molecular formula is C22H22N4O5. The molecule has 3 rings (SSSR count). The second kappa shape index (κ2) is 10.5. The smallest absolute Gasteiger partial charge is 0.312 e. The van der Waals surface area contributed by atoms with Crippen LogP contribution in [0.4, 0.5) is 4.79 Å². The van der Waals surface area contributed by atoms with Crippen LogP contribution in [0.3, 0.4) is 0 Å². The summed E-state index contributed by atoms with van der Waals surface area (Å²) in [5, 5.41) is 2.36. The molecule has 0 aliphatic heterocycles. The topological polar surface area (TPSA) is 136 Å². The highest BCUT2D eigenvalue weighted by molar-refractivity contribution is 5.94. The molecule has 4 amide bonds. The number of carbonyl (C=O) groups is 3. The van der Waals surface area contributed by atoms with Crippen molar-refractivity contribution < 1.29 is 23.5 Å². The molecule has 0 aliphatic rings. The summed E-state index contributed by atoms with van der Waals surface area (Å²) >= 11 is 0. The summed E-state index contributed by atoms with van der Waals surface area (Å²) < 4.78 is 11.0. The van der Waals surface area contributed by atoms with Crippen LogP contribution in [0, 0.1) is 0 Å². The lowest BCUT2D eigenvalue weighted by molar-refractivity contribution is -0.123. The molecule has 0 saturated carbocycles. The maximum atomic E-state index is 12.4. The minimum absolute atomic E-state index is 0.00516. The average molecular weight is 422 g/mol. The first-order valence-corrected chi connectivity index (χ1v) is 9.48. The molecule has 0 radical (unpaired) electrons. The Morgan fingerprint density at radius 2 is 1.58 bits per heavy atom. The van der Waals surface area contributed by atoms with Gasteiger partial charge in [0, 0.05) is 6.42 Å². The fourth-order valence-corrected chi connectivity index (χ4v) is 2.75. The summed E-state index contributed by atoms with van der Waals surface area (Å²) in [6.07, 6.45) is 0.202. The van der Waals surface area contributed by atoms with Crippen molar-refractivity contribution in [2.45, 2.75) is 19.1 Å². The minimum Gasteiger partial charge on any atom is -0.486 e. The van der Waals surface area contributed by atoms with Gasteiger partial charge in [-0.25, -0.2) is 4.79 Å². The van der Waals surface area contributed by atoms with Crippen molar-refractivity contribution in [2.75, 3.05) is 0 Å². The third-order valence-corrected chi connectivity index (χ3v) is 4.22. The largest absolute Gasteiger partial charge is 0.486 e. The predicted octanol–water partition coefficient (Wildman–Crippen LogP) is 1.90. The molecule has 1 aromatic heterocycles. The van der Waals surface area contributed by atoms with Crippen molar-refractivity contribution >= 4 is 17.8 Å². The van der Waals surface area contributed by atoms with Crippen molar-refractivity contribution in [2.24, 2.45) is 5.73 Å². The number of nitrogens with one attached hydrogen (secondary N) is 3. The van der Waals surface area contributed by atoms with Crippen molar-refractivity contribution in [3.05, 3.63) is 89.9 Å². The first kappa shape index (κ1) is 21.4. The predicted molar refractivity (Wildman–Crippen MR) is 112 cm³/mol. The first-order chi connectivity index (χ1) is 15.0. The lowest BCUT2D eigenvalue weighted by Crippen LogP contribution is -2.54. The van der Waals surface area contributed by atoms with Gasteiger partial charge >= 0.3 is 11.9 Å². The summed E-state index contributed by atoms with van der Waals surface area (Å²) in [5.74, 6) is -0.178. The molecule has 2 aromatic carbocycles. The molecule has 31 heavy (non-hydrogen) atoms. The molecule has 0 fully saturated rings. The molecule has 0 saturated heterocycles. The van der Waals surface area contributed by atoms with E-state index in [-0.39, 0.29) is 18.8 Å². The zero-order chi connectivity index (χ0) is 22.1. The Labute approximate surface area is 178 Å². The van der Waals surface area contributed by atoms with Crippen LogP contribution in [0.15, 0.2) is 77.2 Å². The third-order valence-electron chi connectivity index (χ3n) is 4.22. The lowest BCUT2D eigenvalue weighted by Gasteiger charge is -2.17. The maximum absolute atomic E-state index is 12.4. The number of benzene rings is 2. The number of amides is 4. The van der Waals surface area contributed by atoms with Crippen LogP contribution in [0.5, 0.6) is 5.75 Å². The lowest BCUT2D eigenvalue weighted by atomic mass is 10.1. The van der Waals surface area contributed by atoms with Crippen LogP contribution >= 0.6 is 0 Å². The van der Waals surface area contributed by atoms with Crippen LogP contribution in [0.25, 0.3) is 0 Å². The fraction of sp³-hybridized carbons (Fsp3) is 0.136. The van der Waals surface area contributed by atoms with Crippen molar-refractivity contribution in [1.82, 2.24) is 16.2 Å². The molecule has 5 N–H and O–H groups in total. The number of hydrogen-bond donors (Lipinski definition) is 4. The monoisotopic (exact) mass is 422 g/mol. The molecule has 9 heteroatoms. The third kappa shape index (κ3) is 6.64. The van der Waals surface area contributed by atoms with E-state index in [1.54, 1.807) is 18.2 Å². The molecule has 1 heterocycles. The molecule has 1 unspecified atom stereocenters. The molecule has 0 bridgehead atoms. The Balaban J connectivity index is 1.52. The van der Waals surface area contributed by atoms with E-state index in [0.717, 1.165) is 5.56 Å². The zero-order valence-electron chi connectivity index (χ0n) is 16.5. The number of carbonyl (C=O) groups excluding carboxylic acids is 3. The number of nitrogens with two attached hydrogens (primary N) is 1. The second-order valence-electron chi connectivity index (χ2n) is 6.56. The van der Waals surface area contributed by atoms with Gasteiger partial charge in [0.1, 0.15) is 24.2 Å². The van der Waals surface area contributed by atoms with Crippen LogP contribution < -0.4 is 26.6 Å². The molecule has 160 valence electrons. The SMILES string of the molecule is NC(=O)NC(Cc1ccccc1)C(=O)NNC(=O)c1ccc(COc2ccccc2)o1. The second-order valence-corrected chi connectivity index (χ2v) is 6.56. The van der Waals surface area contributed by atoms with E-state index < -0.39 is 23.9 Å². The number of hydrogen-bond acceptors (Lipinski definition) is 5. The van der Waals surface area contributed by atoms with Crippen LogP contribution in [0.1, 0.15) is 21.9 Å². The zero-order valence-corrected chi connectivity index (χ0v) is 16.5. The van der Waals surface area contributed by atoms with Gasteiger partial charge in [-0.15, -0.1) is 0 Å². The molecule has 1 atom stereocenters. The highest BCUT2D eigenvalue weighted by atomic mass is 16.5. The van der Waals surface area contributed by atoms with E-state index in [0.29, 0.717) is 11.5 Å². The summed E-state index contributed by atoms with van der Waals surface area (Å²) in [6, 6.07) is 19.5. The van der Waals surface area contributed by atoms with E-state index in [4.69, 9.17) is 14.9 Å². The summed E-state index contributed by atoms with van der Waals surface area (Å²) in [5.41, 5.74) is 10.5. The standard InChI is InChI=1S/C22H22N4O5/c23-22(29)24-18(13-15-7-3-1-4-8-15)20(27)25-26-21(28)19-12-11-17(31-19)14-30-16-9-5-2-6-10-16/h1-12,18H,13-14H2,(H,25,27)(H,26,28)(H3,23,24,29). The maximum Gasteiger partial charge on any atom is 0.312 e. The van der Waals surface area contributed by atoms with Crippen molar-refractivity contribution in [3.8, 4) is 5.75 Å². The summed E-state index contributed by atoms with van der Waals surface area (Å²) in [7, 11) is 0. The van der Waals surface area contributed by atoms with Gasteiger partial charge in [-0.1, -0.05) is 48.5 Å². The highest BCUT2D eigenvalue weighted by Crippen LogP contribution is 2.14. The number of hydrazine groups is 1. The van der Waals surface area contributed by atoms with Crippen LogP contribution in [-0.4, -0.2) is 23.9 Å². The summed E-state index contributed by atoms with van der Waals surface area (Å²) in [4.78, 5) is 36.0. The number of primary amides is 1. The number of para-hydroxylation sites is 1. The number of ether oxygens (including phenoxy) is 1. The molecule has 9 nitrogen and oxygen atoms in total. The van der Waals surface area contributed by atoms with Gasteiger partial charge in [-0.3, -0.25) is 20.4 Å². The van der Waals surface area contributed by atoms with E-state index in [2.05, 4.69) is 16.2 Å². The Hall–Kier alpha value is -4.27. The van der Waals surface area contributed by atoms with Crippen molar-refractivity contribution in [1.29, 1.82) is 0 Å². The molecule has 0 spiro atoms. The number of urea groups is 1. The van der Waals surface area contributed by atoms with Gasteiger partial charge in [-0.2, -0.15) is 0 Å². The van der Waals surface area contributed by atoms with Crippen LogP contribution in [0.2, 0.25) is 0 Å². The number of furan rings is 1. The van der Waals surface area contributed by atoms with Gasteiger partial charge in [0.25, 0.3) is 5.91 Å². The molecule has 0 aliphatic carbocycles. The van der Waals surface area contributed by atoms with Gasteiger partial charge < -0.3 is 20.2 Å². The number of rotatable bonds is 8. The minimum atomic E-state index is -0.966. The Bertz CT molecular complexity index is 1020. The van der Waals surface area contributed by atoms with Gasteiger partial charge in [-0.05, 0) is 29.8 Å². The Morgan fingerprint density at radius 1 is 0.903 bits per heavy atom. The molecular weight excluding hydrogens is 400 g/mol. The van der Waals surface area contributed by atoms with Gasteiger partial charge in [0.2, 0.25) is 0 Å². The van der Waals surface area contributed by atoms with E-state index in [1.165, 1.54) is 6.07 Å². The molecule has 3 aromatic rings. The Kier molecular flexibility index (Phi) is 7.26. The van der Waals surface area contributed by atoms with Gasteiger partial charge in [0.05, 0.1) is 0 Å². The van der Waals surface area contributed by atoms with Crippen LogP contribution in [-0.2, 0) is 17.8 Å². The normalized spacial score (nSPS) is 11.2. The van der Waals surface area contributed by atoms with Gasteiger partial charge in [0.15, 0.2) is 5.76 Å².